The third-order valence-electron chi connectivity index (χ3n) is 4.17. The van der Waals surface area contributed by atoms with E-state index in [0.717, 1.165) is 25.1 Å². The molecule has 1 aromatic rings. The van der Waals surface area contributed by atoms with Crippen molar-refractivity contribution in [1.82, 2.24) is 10.2 Å². The van der Waals surface area contributed by atoms with Crippen molar-refractivity contribution >= 4 is 0 Å². The van der Waals surface area contributed by atoms with E-state index in [1.165, 1.54) is 0 Å². The number of nitrogens with zero attached hydrogens (tertiary/aromatic N) is 1. The largest absolute Gasteiger partial charge is 0.311 e. The molecule has 0 aromatic heterocycles. The zero-order valence-corrected chi connectivity index (χ0v) is 11.5. The monoisotopic (exact) mass is 250 g/mol. The smallest absolute Gasteiger partial charge is 0.127 e. The molecule has 3 heteroatoms. The molecule has 2 nitrogen and oxygen atoms in total. The number of hydrogen-bond donors (Lipinski definition) is 1. The molecule has 2 atom stereocenters. The molecule has 2 rings (SSSR count). The second-order valence-electron chi connectivity index (χ2n) is 5.60. The molecule has 1 fully saturated rings. The predicted octanol–water partition coefficient (Wildman–Crippen LogP) is 2.79. The first-order valence-electron chi connectivity index (χ1n) is 6.77. The number of halogens is 1. The lowest BCUT2D eigenvalue weighted by Gasteiger charge is -2.47. The van der Waals surface area contributed by atoms with Crippen molar-refractivity contribution in [2.24, 2.45) is 0 Å². The zero-order chi connectivity index (χ0) is 13.2. The van der Waals surface area contributed by atoms with E-state index in [-0.39, 0.29) is 11.4 Å². The summed E-state index contributed by atoms with van der Waals surface area (Å²) in [7, 11) is 0. The van der Waals surface area contributed by atoms with Crippen molar-refractivity contribution < 1.29 is 4.39 Å². The fraction of sp³-hybridized carbons (Fsp3) is 0.600. The average Bonchev–Trinajstić information content (AvgIpc) is 2.37. The van der Waals surface area contributed by atoms with Gasteiger partial charge in [0.1, 0.15) is 5.82 Å². The fourth-order valence-corrected chi connectivity index (χ4v) is 2.56. The Balaban J connectivity index is 2.17. The third kappa shape index (κ3) is 2.73. The Morgan fingerprint density at radius 1 is 1.44 bits per heavy atom. The summed E-state index contributed by atoms with van der Waals surface area (Å²) in [6.45, 7) is 9.28. The molecule has 0 radical (unpaired) electrons. The van der Waals surface area contributed by atoms with Gasteiger partial charge in [0, 0.05) is 36.8 Å². The van der Waals surface area contributed by atoms with Gasteiger partial charge < -0.3 is 5.32 Å². The molecular weight excluding hydrogens is 227 g/mol. The minimum absolute atomic E-state index is 0.0952. The van der Waals surface area contributed by atoms with Crippen LogP contribution < -0.4 is 5.32 Å². The molecule has 0 saturated carbocycles. The molecule has 0 aliphatic carbocycles. The van der Waals surface area contributed by atoms with Crippen LogP contribution in [0.3, 0.4) is 0 Å². The first kappa shape index (κ1) is 13.5. The Hall–Kier alpha value is -0.930. The van der Waals surface area contributed by atoms with Crippen LogP contribution in [0.25, 0.3) is 0 Å². The van der Waals surface area contributed by atoms with Crippen LogP contribution in [0.15, 0.2) is 24.3 Å². The Labute approximate surface area is 109 Å². The maximum absolute atomic E-state index is 13.8. The molecule has 1 aromatic carbocycles. The molecule has 2 unspecified atom stereocenters. The van der Waals surface area contributed by atoms with Crippen LogP contribution >= 0.6 is 0 Å². The molecule has 1 aliphatic rings. The van der Waals surface area contributed by atoms with E-state index in [1.807, 2.05) is 12.1 Å². The van der Waals surface area contributed by atoms with Gasteiger partial charge >= 0.3 is 0 Å². The highest BCUT2D eigenvalue weighted by atomic mass is 19.1. The summed E-state index contributed by atoms with van der Waals surface area (Å²) in [5, 5.41) is 3.52. The Morgan fingerprint density at radius 2 is 2.17 bits per heavy atom. The first-order valence-corrected chi connectivity index (χ1v) is 6.77. The summed E-state index contributed by atoms with van der Waals surface area (Å²) in [6.07, 6.45) is 1.07. The maximum Gasteiger partial charge on any atom is 0.127 e. The molecule has 1 heterocycles. The molecule has 18 heavy (non-hydrogen) atoms. The van der Waals surface area contributed by atoms with Crippen LogP contribution in [-0.4, -0.2) is 29.6 Å². The van der Waals surface area contributed by atoms with E-state index >= 15 is 0 Å². The average molecular weight is 250 g/mol. The Morgan fingerprint density at radius 3 is 2.83 bits per heavy atom. The fourth-order valence-electron chi connectivity index (χ4n) is 2.56. The molecule has 0 amide bonds. The SMILES string of the molecule is CCC1(C)CNC(C)CN1Cc1ccccc1F. The van der Waals surface area contributed by atoms with Gasteiger partial charge in [-0.05, 0) is 26.3 Å². The lowest BCUT2D eigenvalue weighted by atomic mass is 9.91. The van der Waals surface area contributed by atoms with Crippen molar-refractivity contribution in [3.63, 3.8) is 0 Å². The lowest BCUT2D eigenvalue weighted by Crippen LogP contribution is -2.61. The van der Waals surface area contributed by atoms with Crippen LogP contribution in [0.1, 0.15) is 32.8 Å². The second-order valence-corrected chi connectivity index (χ2v) is 5.60. The molecule has 100 valence electrons. The van der Waals surface area contributed by atoms with Crippen LogP contribution in [-0.2, 0) is 6.54 Å². The van der Waals surface area contributed by atoms with Gasteiger partial charge in [0.05, 0.1) is 0 Å². The highest BCUT2D eigenvalue weighted by molar-refractivity contribution is 5.18. The van der Waals surface area contributed by atoms with Crippen molar-refractivity contribution in [2.45, 2.75) is 45.3 Å². The number of piperazine rings is 1. The van der Waals surface area contributed by atoms with Crippen LogP contribution in [0, 0.1) is 5.82 Å². The molecule has 1 saturated heterocycles. The molecule has 1 aliphatic heterocycles. The first-order chi connectivity index (χ1) is 8.55. The van der Waals surface area contributed by atoms with Gasteiger partial charge in [-0.1, -0.05) is 25.1 Å². The second kappa shape index (κ2) is 5.37. The summed E-state index contributed by atoms with van der Waals surface area (Å²) < 4.78 is 13.8. The van der Waals surface area contributed by atoms with E-state index in [1.54, 1.807) is 12.1 Å². The van der Waals surface area contributed by atoms with E-state index in [4.69, 9.17) is 0 Å². The van der Waals surface area contributed by atoms with E-state index in [9.17, 15) is 4.39 Å². The minimum Gasteiger partial charge on any atom is -0.311 e. The van der Waals surface area contributed by atoms with E-state index in [2.05, 4.69) is 31.0 Å². The van der Waals surface area contributed by atoms with Gasteiger partial charge in [-0.3, -0.25) is 4.90 Å². The normalized spacial score (nSPS) is 29.4. The minimum atomic E-state index is -0.0952. The predicted molar refractivity (Wildman–Crippen MR) is 73.0 cm³/mol. The third-order valence-corrected chi connectivity index (χ3v) is 4.17. The quantitative estimate of drug-likeness (QED) is 0.887. The van der Waals surface area contributed by atoms with E-state index in [0.29, 0.717) is 12.6 Å². The Kier molecular flexibility index (Phi) is 4.03. The topological polar surface area (TPSA) is 15.3 Å². The summed E-state index contributed by atoms with van der Waals surface area (Å²) in [6, 6.07) is 7.56. The van der Waals surface area contributed by atoms with Gasteiger partial charge in [-0.25, -0.2) is 4.39 Å². The highest BCUT2D eigenvalue weighted by Crippen LogP contribution is 2.25. The van der Waals surface area contributed by atoms with Crippen molar-refractivity contribution in [2.75, 3.05) is 13.1 Å². The summed E-state index contributed by atoms with van der Waals surface area (Å²) in [5.41, 5.74) is 0.917. The Bertz CT molecular complexity index is 407. The molecular formula is C15H23FN2. The summed E-state index contributed by atoms with van der Waals surface area (Å²) >= 11 is 0. The van der Waals surface area contributed by atoms with Crippen molar-refractivity contribution in [3.05, 3.63) is 35.6 Å². The molecule has 0 bridgehead atoms. The van der Waals surface area contributed by atoms with Gasteiger partial charge in [0.25, 0.3) is 0 Å². The number of benzene rings is 1. The summed E-state index contributed by atoms with van der Waals surface area (Å²) in [4.78, 5) is 2.41. The van der Waals surface area contributed by atoms with Crippen molar-refractivity contribution in [1.29, 1.82) is 0 Å². The number of nitrogens with one attached hydrogen (secondary N) is 1. The standard InChI is InChI=1S/C15H23FN2/c1-4-15(3)11-17-12(2)9-18(15)10-13-7-5-6-8-14(13)16/h5-8,12,17H,4,9-11H2,1-3H3. The number of rotatable bonds is 3. The maximum atomic E-state index is 13.8. The zero-order valence-electron chi connectivity index (χ0n) is 11.5. The van der Waals surface area contributed by atoms with Crippen LogP contribution in [0.5, 0.6) is 0 Å². The lowest BCUT2D eigenvalue weighted by molar-refractivity contribution is 0.0444. The van der Waals surface area contributed by atoms with E-state index < -0.39 is 0 Å². The van der Waals surface area contributed by atoms with Gasteiger partial charge in [-0.15, -0.1) is 0 Å². The van der Waals surface area contributed by atoms with Crippen LogP contribution in [0.2, 0.25) is 0 Å². The summed E-state index contributed by atoms with van der Waals surface area (Å²) in [5.74, 6) is -0.0952. The van der Waals surface area contributed by atoms with Crippen LogP contribution in [0.4, 0.5) is 4.39 Å². The van der Waals surface area contributed by atoms with Gasteiger partial charge in [-0.2, -0.15) is 0 Å². The van der Waals surface area contributed by atoms with Crippen molar-refractivity contribution in [3.8, 4) is 0 Å². The highest BCUT2D eigenvalue weighted by Gasteiger charge is 2.35. The number of hydrogen-bond acceptors (Lipinski definition) is 2. The van der Waals surface area contributed by atoms with Gasteiger partial charge in [0.2, 0.25) is 0 Å². The molecule has 1 N–H and O–H groups in total. The van der Waals surface area contributed by atoms with Gasteiger partial charge in [0.15, 0.2) is 0 Å². The molecule has 0 spiro atoms.